The van der Waals surface area contributed by atoms with E-state index in [1.807, 2.05) is 60.7 Å². The molecule has 0 amide bonds. The van der Waals surface area contributed by atoms with Gasteiger partial charge in [0.25, 0.3) is 0 Å². The van der Waals surface area contributed by atoms with Crippen molar-refractivity contribution >= 4 is 17.2 Å². The molecule has 0 bridgehead atoms. The van der Waals surface area contributed by atoms with Crippen LogP contribution in [-0.2, 0) is 11.3 Å². The third-order valence-electron chi connectivity index (χ3n) is 5.67. The summed E-state index contributed by atoms with van der Waals surface area (Å²) < 4.78 is 11.5. The molecule has 2 N–H and O–H groups in total. The van der Waals surface area contributed by atoms with Crippen molar-refractivity contribution in [1.82, 2.24) is 5.32 Å². The number of rotatable bonds is 4. The quantitative estimate of drug-likeness (QED) is 0.627. The first-order chi connectivity index (χ1) is 14.8. The van der Waals surface area contributed by atoms with E-state index in [4.69, 9.17) is 14.5 Å². The summed E-state index contributed by atoms with van der Waals surface area (Å²) >= 11 is 0. The minimum Gasteiger partial charge on any atom is -0.457 e. The van der Waals surface area contributed by atoms with E-state index in [2.05, 4.69) is 28.8 Å². The lowest BCUT2D eigenvalue weighted by Crippen LogP contribution is -2.56. The van der Waals surface area contributed by atoms with Gasteiger partial charge >= 0.3 is 0 Å². The molecule has 5 nitrogen and oxygen atoms in total. The highest BCUT2D eigenvalue weighted by molar-refractivity contribution is 6.00. The zero-order valence-electron chi connectivity index (χ0n) is 16.8. The number of amidine groups is 1. The molecule has 3 aromatic carbocycles. The first-order valence-electron chi connectivity index (χ1n) is 10.4. The summed E-state index contributed by atoms with van der Waals surface area (Å²) in [7, 11) is 0. The number of anilines is 1. The fraction of sp³-hybridized carbons (Fsp3) is 0.240. The van der Waals surface area contributed by atoms with Crippen molar-refractivity contribution in [3.8, 4) is 11.5 Å². The molecule has 0 unspecified atom stereocenters. The first-order valence-corrected chi connectivity index (χ1v) is 10.4. The molecular weight excluding hydrogens is 374 g/mol. The zero-order valence-corrected chi connectivity index (χ0v) is 16.8. The van der Waals surface area contributed by atoms with E-state index in [1.165, 1.54) is 5.56 Å². The van der Waals surface area contributed by atoms with Crippen molar-refractivity contribution in [3.05, 3.63) is 84.4 Å². The molecule has 1 fully saturated rings. The van der Waals surface area contributed by atoms with E-state index < -0.39 is 0 Å². The lowest BCUT2D eigenvalue weighted by atomic mass is 9.86. The van der Waals surface area contributed by atoms with Gasteiger partial charge in [0.1, 0.15) is 17.3 Å². The van der Waals surface area contributed by atoms with Crippen LogP contribution >= 0.6 is 0 Å². The van der Waals surface area contributed by atoms with Gasteiger partial charge in [0.15, 0.2) is 0 Å². The molecule has 0 saturated carbocycles. The summed E-state index contributed by atoms with van der Waals surface area (Å²) in [5, 5.41) is 7.34. The topological polar surface area (TPSA) is 54.9 Å². The summed E-state index contributed by atoms with van der Waals surface area (Å²) in [5.41, 5.74) is 3.05. The Hall–Kier alpha value is -3.31. The van der Waals surface area contributed by atoms with Crippen molar-refractivity contribution in [2.45, 2.75) is 24.9 Å². The predicted molar refractivity (Wildman–Crippen MR) is 120 cm³/mol. The number of fused-ring (bicyclic) bond motifs is 1. The highest BCUT2D eigenvalue weighted by Crippen LogP contribution is 2.37. The smallest absolute Gasteiger partial charge is 0.129 e. The number of hydrogen-bond acceptors (Lipinski definition) is 5. The van der Waals surface area contributed by atoms with Crippen LogP contribution in [0.2, 0.25) is 0 Å². The van der Waals surface area contributed by atoms with Gasteiger partial charge in [-0.2, -0.15) is 0 Å². The molecule has 2 aliphatic heterocycles. The highest BCUT2D eigenvalue weighted by Gasteiger charge is 2.40. The normalized spacial score (nSPS) is 16.9. The molecule has 5 rings (SSSR count). The van der Waals surface area contributed by atoms with E-state index in [1.54, 1.807) is 0 Å². The molecule has 1 spiro atoms. The fourth-order valence-electron chi connectivity index (χ4n) is 4.00. The molecule has 5 heteroatoms. The Morgan fingerprint density at radius 2 is 1.57 bits per heavy atom. The summed E-state index contributed by atoms with van der Waals surface area (Å²) in [6.07, 6.45) is 1.80. The van der Waals surface area contributed by atoms with Crippen LogP contribution in [0.5, 0.6) is 11.5 Å². The number of nitrogens with one attached hydrogen (secondary N) is 2. The number of ether oxygens (including phenoxy) is 2. The molecular formula is C25H25N3O2. The van der Waals surface area contributed by atoms with Crippen LogP contribution in [0, 0.1) is 0 Å². The van der Waals surface area contributed by atoms with Crippen molar-refractivity contribution < 1.29 is 9.47 Å². The van der Waals surface area contributed by atoms with Gasteiger partial charge in [-0.3, -0.25) is 0 Å². The molecule has 0 aliphatic carbocycles. The van der Waals surface area contributed by atoms with Gasteiger partial charge in [-0.15, -0.1) is 0 Å². The van der Waals surface area contributed by atoms with Crippen molar-refractivity contribution in [3.63, 3.8) is 0 Å². The second kappa shape index (κ2) is 8.20. The summed E-state index contributed by atoms with van der Waals surface area (Å²) in [6.45, 7) is 2.18. The number of nitrogens with zero attached hydrogens (tertiary/aromatic N) is 1. The Bertz CT molecular complexity index is 1030. The van der Waals surface area contributed by atoms with Crippen LogP contribution in [-0.4, -0.2) is 24.6 Å². The van der Waals surface area contributed by atoms with Gasteiger partial charge in [0.05, 0.1) is 16.9 Å². The molecule has 2 heterocycles. The first kappa shape index (κ1) is 18.7. The third kappa shape index (κ3) is 3.89. The average molecular weight is 399 g/mol. The molecule has 0 aromatic heterocycles. The number of benzene rings is 3. The Labute approximate surface area is 176 Å². The van der Waals surface area contributed by atoms with Gasteiger partial charge in [-0.25, -0.2) is 4.99 Å². The Morgan fingerprint density at radius 3 is 2.37 bits per heavy atom. The second-order valence-corrected chi connectivity index (χ2v) is 7.71. The van der Waals surface area contributed by atoms with Gasteiger partial charge in [0, 0.05) is 32.6 Å². The minimum atomic E-state index is -0.192. The fourth-order valence-corrected chi connectivity index (χ4v) is 4.00. The van der Waals surface area contributed by atoms with Crippen LogP contribution < -0.4 is 15.4 Å². The Balaban J connectivity index is 1.31. The van der Waals surface area contributed by atoms with Crippen LogP contribution in [0.1, 0.15) is 18.4 Å². The lowest BCUT2D eigenvalue weighted by molar-refractivity contribution is 0.0771. The van der Waals surface area contributed by atoms with E-state index in [0.29, 0.717) is 6.54 Å². The Morgan fingerprint density at radius 1 is 0.867 bits per heavy atom. The molecule has 0 radical (unpaired) electrons. The third-order valence-corrected chi connectivity index (χ3v) is 5.67. The molecule has 3 aromatic rings. The van der Waals surface area contributed by atoms with E-state index in [0.717, 1.165) is 54.8 Å². The van der Waals surface area contributed by atoms with Gasteiger partial charge in [-0.05, 0) is 42.0 Å². The average Bonchev–Trinajstić information content (AvgIpc) is 2.80. The maximum Gasteiger partial charge on any atom is 0.129 e. The monoisotopic (exact) mass is 399 g/mol. The molecule has 0 atom stereocenters. The van der Waals surface area contributed by atoms with Crippen molar-refractivity contribution in [2.24, 2.45) is 4.99 Å². The SMILES string of the molecule is c1ccc(Oc2ccc(CNC3=Nc4ccccc4NC34CCOCC4)cc2)cc1. The van der Waals surface area contributed by atoms with E-state index in [9.17, 15) is 0 Å². The number of hydrogen-bond donors (Lipinski definition) is 2. The zero-order chi connectivity index (χ0) is 20.2. The molecule has 30 heavy (non-hydrogen) atoms. The van der Waals surface area contributed by atoms with Gasteiger partial charge in [0.2, 0.25) is 0 Å². The van der Waals surface area contributed by atoms with Crippen LogP contribution in [0.15, 0.2) is 83.9 Å². The number of aliphatic imine (C=N–C) groups is 1. The van der Waals surface area contributed by atoms with Gasteiger partial charge < -0.3 is 20.1 Å². The second-order valence-electron chi connectivity index (χ2n) is 7.71. The van der Waals surface area contributed by atoms with Crippen molar-refractivity contribution in [1.29, 1.82) is 0 Å². The molecule has 152 valence electrons. The maximum atomic E-state index is 5.89. The van der Waals surface area contributed by atoms with Crippen LogP contribution in [0.3, 0.4) is 0 Å². The maximum absolute atomic E-state index is 5.89. The largest absolute Gasteiger partial charge is 0.457 e. The van der Waals surface area contributed by atoms with Gasteiger partial charge in [-0.1, -0.05) is 42.5 Å². The molecule has 1 saturated heterocycles. The van der Waals surface area contributed by atoms with E-state index in [-0.39, 0.29) is 5.54 Å². The summed E-state index contributed by atoms with van der Waals surface area (Å²) in [4.78, 5) is 4.97. The Kier molecular flexibility index (Phi) is 5.11. The highest BCUT2D eigenvalue weighted by atomic mass is 16.5. The van der Waals surface area contributed by atoms with E-state index >= 15 is 0 Å². The van der Waals surface area contributed by atoms with Crippen LogP contribution in [0.4, 0.5) is 11.4 Å². The number of para-hydroxylation sites is 3. The summed E-state index contributed by atoms with van der Waals surface area (Å²) in [5.74, 6) is 2.66. The van der Waals surface area contributed by atoms with Crippen LogP contribution in [0.25, 0.3) is 0 Å². The van der Waals surface area contributed by atoms with Crippen molar-refractivity contribution in [2.75, 3.05) is 18.5 Å². The minimum absolute atomic E-state index is 0.192. The molecule has 2 aliphatic rings. The summed E-state index contributed by atoms with van der Waals surface area (Å²) in [6, 6.07) is 26.2. The lowest BCUT2D eigenvalue weighted by Gasteiger charge is -2.42. The standard InChI is InChI=1S/C25H25N3O2/c1-2-6-20(7-3-1)30-21-12-10-19(11-13-21)18-26-24-25(14-16-29-17-15-25)28-23-9-5-4-8-22(23)27-24/h1-13,28H,14-18H2,(H,26,27). The predicted octanol–water partition coefficient (Wildman–Crippen LogP) is 5.27.